The third-order valence-corrected chi connectivity index (χ3v) is 6.19. The minimum atomic E-state index is -0.353. The lowest BCUT2D eigenvalue weighted by Crippen LogP contribution is -2.42. The van der Waals surface area contributed by atoms with Crippen molar-refractivity contribution in [1.29, 1.82) is 0 Å². The molecule has 35 heavy (non-hydrogen) atoms. The Kier molecular flexibility index (Phi) is 7.99. The molecule has 8 nitrogen and oxygen atoms in total. The summed E-state index contributed by atoms with van der Waals surface area (Å²) in [5, 5.41) is 10.7. The number of carbonyl (C=O) groups excluding carboxylic acids is 1. The summed E-state index contributed by atoms with van der Waals surface area (Å²) in [6, 6.07) is 15.6. The van der Waals surface area contributed by atoms with E-state index < -0.39 is 0 Å². The summed E-state index contributed by atoms with van der Waals surface area (Å²) in [4.78, 5) is 15.4. The van der Waals surface area contributed by atoms with Crippen molar-refractivity contribution in [1.82, 2.24) is 20.0 Å². The minimum absolute atomic E-state index is 0.0487. The van der Waals surface area contributed by atoms with Gasteiger partial charge in [-0.1, -0.05) is 30.3 Å². The molecule has 2 heterocycles. The van der Waals surface area contributed by atoms with Crippen LogP contribution < -0.4 is 15.4 Å². The summed E-state index contributed by atoms with van der Waals surface area (Å²) >= 11 is 0. The molecule has 9 heteroatoms. The van der Waals surface area contributed by atoms with Crippen molar-refractivity contribution >= 4 is 11.8 Å². The maximum atomic E-state index is 14.0. The minimum Gasteiger partial charge on any atom is -0.477 e. The van der Waals surface area contributed by atoms with E-state index in [9.17, 15) is 9.18 Å². The second-order valence-corrected chi connectivity index (χ2v) is 8.58. The summed E-state index contributed by atoms with van der Waals surface area (Å²) in [5.74, 6) is 0.670. The van der Waals surface area contributed by atoms with Gasteiger partial charge in [-0.2, -0.15) is 0 Å². The highest BCUT2D eigenvalue weighted by molar-refractivity contribution is 5.90. The molecule has 2 aromatic carbocycles. The van der Waals surface area contributed by atoms with Crippen molar-refractivity contribution in [2.45, 2.75) is 25.8 Å². The van der Waals surface area contributed by atoms with Gasteiger partial charge in [-0.3, -0.25) is 10.2 Å². The van der Waals surface area contributed by atoms with Crippen LogP contribution in [0.1, 0.15) is 24.0 Å². The van der Waals surface area contributed by atoms with Crippen LogP contribution in [0.2, 0.25) is 0 Å². The number of nitrogens with one attached hydrogen (secondary N) is 2. The smallest absolute Gasteiger partial charge is 0.320 e. The lowest BCUT2D eigenvalue weighted by atomic mass is 9.94. The van der Waals surface area contributed by atoms with Crippen LogP contribution in [0.5, 0.6) is 5.88 Å². The fraction of sp³-hybridized carbons (Fsp3) is 0.385. The number of amides is 2. The molecule has 2 unspecified atom stereocenters. The molecule has 0 radical (unpaired) electrons. The maximum Gasteiger partial charge on any atom is 0.320 e. The van der Waals surface area contributed by atoms with Crippen molar-refractivity contribution in [3.8, 4) is 11.6 Å². The number of nitrogens with zero attached hydrogens (tertiary/aromatic N) is 3. The van der Waals surface area contributed by atoms with Gasteiger partial charge >= 0.3 is 6.03 Å². The Bertz CT molecular complexity index is 1140. The monoisotopic (exact) mass is 481 g/mol. The number of rotatable bonds is 9. The summed E-state index contributed by atoms with van der Waals surface area (Å²) in [6.07, 6.45) is 0. The van der Waals surface area contributed by atoms with E-state index in [1.165, 1.54) is 6.07 Å². The molecule has 4 rings (SSSR count). The van der Waals surface area contributed by atoms with Crippen molar-refractivity contribution in [2.75, 3.05) is 45.3 Å². The van der Waals surface area contributed by atoms with E-state index in [-0.39, 0.29) is 23.8 Å². The van der Waals surface area contributed by atoms with Gasteiger partial charge in [-0.15, -0.1) is 5.10 Å². The lowest BCUT2D eigenvalue weighted by molar-refractivity contribution is 0.159. The van der Waals surface area contributed by atoms with Gasteiger partial charge in [0.25, 0.3) is 0 Å². The number of benzene rings is 2. The van der Waals surface area contributed by atoms with Gasteiger partial charge in [0.1, 0.15) is 11.6 Å². The Morgan fingerprint density at radius 3 is 2.69 bits per heavy atom. The zero-order valence-corrected chi connectivity index (χ0v) is 20.3. The third kappa shape index (κ3) is 5.80. The first kappa shape index (κ1) is 24.7. The Labute approximate surface area is 205 Å². The number of ether oxygens (including phenoxy) is 2. The molecule has 2 amide bonds. The fourth-order valence-corrected chi connectivity index (χ4v) is 4.47. The zero-order valence-electron chi connectivity index (χ0n) is 20.3. The average Bonchev–Trinajstić information content (AvgIpc) is 3.39. The third-order valence-electron chi connectivity index (χ3n) is 6.19. The van der Waals surface area contributed by atoms with E-state index in [1.807, 2.05) is 50.2 Å². The van der Waals surface area contributed by atoms with Crippen LogP contribution in [-0.4, -0.2) is 66.7 Å². The van der Waals surface area contributed by atoms with Crippen molar-refractivity contribution in [3.63, 3.8) is 0 Å². The fourth-order valence-electron chi connectivity index (χ4n) is 4.47. The van der Waals surface area contributed by atoms with Crippen LogP contribution in [0, 0.1) is 12.7 Å². The molecule has 0 spiro atoms. The quantitative estimate of drug-likeness (QED) is 0.484. The van der Waals surface area contributed by atoms with E-state index in [4.69, 9.17) is 9.47 Å². The number of halogens is 1. The molecule has 1 aromatic heterocycles. The van der Waals surface area contributed by atoms with E-state index >= 15 is 0 Å². The van der Waals surface area contributed by atoms with Crippen molar-refractivity contribution < 1.29 is 18.7 Å². The molecule has 3 aromatic rings. The Morgan fingerprint density at radius 2 is 1.97 bits per heavy atom. The van der Waals surface area contributed by atoms with E-state index in [1.54, 1.807) is 23.9 Å². The van der Waals surface area contributed by atoms with Gasteiger partial charge in [0, 0.05) is 32.7 Å². The normalized spacial score (nSPS) is 17.9. The molecule has 0 bridgehead atoms. The van der Waals surface area contributed by atoms with Gasteiger partial charge < -0.3 is 14.8 Å². The predicted octanol–water partition coefficient (Wildman–Crippen LogP) is 3.95. The number of anilines is 1. The Balaban J connectivity index is 1.55. The highest BCUT2D eigenvalue weighted by Gasteiger charge is 2.35. The molecule has 1 saturated heterocycles. The van der Waals surface area contributed by atoms with Gasteiger partial charge in [-0.25, -0.2) is 13.9 Å². The molecule has 2 N–H and O–H groups in total. The molecule has 186 valence electrons. The van der Waals surface area contributed by atoms with Gasteiger partial charge in [0.05, 0.1) is 30.5 Å². The van der Waals surface area contributed by atoms with E-state index in [0.717, 1.165) is 23.4 Å². The number of hydrogen-bond acceptors (Lipinski definition) is 5. The molecule has 0 aliphatic carbocycles. The standard InChI is InChI=1S/C26H32FN5O3/c1-4-35-25-18(2)24(32(30-25)21-11-6-5-7-12-21)29-26(33)28-23-17-31(13-14-34-3)16-22(23)19-9-8-10-20(27)15-19/h5-12,15,22-23H,4,13-14,16-17H2,1-3H3,(H2,28,29,33). The maximum absolute atomic E-state index is 14.0. The number of methoxy groups -OCH3 is 1. The second kappa shape index (κ2) is 11.3. The van der Waals surface area contributed by atoms with E-state index in [2.05, 4.69) is 20.6 Å². The topological polar surface area (TPSA) is 80.6 Å². The first-order chi connectivity index (χ1) is 17.0. The molecular formula is C26H32FN5O3. The summed E-state index contributed by atoms with van der Waals surface area (Å²) in [6.45, 7) is 6.89. The van der Waals surface area contributed by atoms with Crippen LogP contribution in [0.25, 0.3) is 5.69 Å². The van der Waals surface area contributed by atoms with Gasteiger partial charge in [-0.05, 0) is 43.7 Å². The number of hydrogen-bond donors (Lipinski definition) is 2. The molecule has 1 aliphatic rings. The number of aromatic nitrogens is 2. The summed E-state index contributed by atoms with van der Waals surface area (Å²) in [5.41, 5.74) is 2.40. The molecule has 1 aliphatic heterocycles. The van der Waals surface area contributed by atoms with Gasteiger partial charge in [0.2, 0.25) is 5.88 Å². The average molecular weight is 482 g/mol. The number of para-hydroxylation sites is 1. The van der Waals surface area contributed by atoms with Crippen molar-refractivity contribution in [2.24, 2.45) is 0 Å². The van der Waals surface area contributed by atoms with Crippen LogP contribution in [0.3, 0.4) is 0 Å². The lowest BCUT2D eigenvalue weighted by Gasteiger charge is -2.21. The Hall–Kier alpha value is -3.43. The Morgan fingerprint density at radius 1 is 1.17 bits per heavy atom. The number of urea groups is 1. The molecule has 1 fully saturated rings. The second-order valence-electron chi connectivity index (χ2n) is 8.58. The summed E-state index contributed by atoms with van der Waals surface area (Å²) in [7, 11) is 1.66. The first-order valence-corrected chi connectivity index (χ1v) is 11.8. The molecule has 2 atom stereocenters. The zero-order chi connectivity index (χ0) is 24.8. The number of carbonyl (C=O) groups is 1. The van der Waals surface area contributed by atoms with Crippen LogP contribution in [0.15, 0.2) is 54.6 Å². The van der Waals surface area contributed by atoms with Crippen LogP contribution in [0.4, 0.5) is 15.0 Å². The van der Waals surface area contributed by atoms with Crippen LogP contribution in [-0.2, 0) is 4.74 Å². The molecular weight excluding hydrogens is 449 g/mol. The SMILES string of the molecule is CCOc1nn(-c2ccccc2)c(NC(=O)NC2CN(CCOC)CC2c2cccc(F)c2)c1C. The highest BCUT2D eigenvalue weighted by Crippen LogP contribution is 2.30. The van der Waals surface area contributed by atoms with Gasteiger partial charge in [0.15, 0.2) is 0 Å². The number of likely N-dealkylation sites (tertiary alicyclic amines) is 1. The molecule has 0 saturated carbocycles. The predicted molar refractivity (Wildman–Crippen MR) is 133 cm³/mol. The highest BCUT2D eigenvalue weighted by atomic mass is 19.1. The van der Waals surface area contributed by atoms with E-state index in [0.29, 0.717) is 38.0 Å². The first-order valence-electron chi connectivity index (χ1n) is 11.8. The largest absolute Gasteiger partial charge is 0.477 e. The summed E-state index contributed by atoms with van der Waals surface area (Å²) < 4.78 is 26.5. The van der Waals surface area contributed by atoms with Crippen molar-refractivity contribution in [3.05, 3.63) is 71.5 Å². The van der Waals surface area contributed by atoms with Crippen LogP contribution >= 0.6 is 0 Å².